The van der Waals surface area contributed by atoms with Crippen molar-refractivity contribution in [2.45, 2.75) is 12.5 Å². The summed E-state index contributed by atoms with van der Waals surface area (Å²) in [5, 5.41) is 9.24. The third-order valence-electron chi connectivity index (χ3n) is 1.66. The highest BCUT2D eigenvalue weighted by Crippen LogP contribution is 2.24. The molecule has 4 heteroatoms. The molecule has 0 aliphatic heterocycles. The Kier molecular flexibility index (Phi) is 3.39. The van der Waals surface area contributed by atoms with Gasteiger partial charge in [0, 0.05) is 12.0 Å². The Balaban J connectivity index is 3.00. The number of carbonyl (C=O) groups is 1. The average Bonchev–Trinajstić information content (AvgIpc) is 2.10. The van der Waals surface area contributed by atoms with E-state index in [0.29, 0.717) is 6.29 Å². The van der Waals surface area contributed by atoms with E-state index < -0.39 is 11.9 Å². The molecular weight excluding hydrogens is 195 g/mol. The van der Waals surface area contributed by atoms with E-state index in [9.17, 15) is 14.3 Å². The minimum Gasteiger partial charge on any atom is -0.388 e. The molecule has 0 bridgehead atoms. The van der Waals surface area contributed by atoms with E-state index in [1.165, 1.54) is 18.2 Å². The molecule has 1 unspecified atom stereocenters. The standard InChI is InChI=1S/C9H8ClFO2/c10-7-3-1-2-6(9(7)11)8(13)4-5-12/h1-3,5,8,13H,4H2. The van der Waals surface area contributed by atoms with E-state index in [2.05, 4.69) is 0 Å². The topological polar surface area (TPSA) is 37.3 Å². The number of hydrogen-bond acceptors (Lipinski definition) is 2. The van der Waals surface area contributed by atoms with Crippen LogP contribution in [0.25, 0.3) is 0 Å². The first-order chi connectivity index (χ1) is 6.16. The second-order valence-electron chi connectivity index (χ2n) is 2.56. The highest BCUT2D eigenvalue weighted by molar-refractivity contribution is 6.30. The lowest BCUT2D eigenvalue weighted by Crippen LogP contribution is -2.01. The Bertz CT molecular complexity index is 314. The number of benzene rings is 1. The summed E-state index contributed by atoms with van der Waals surface area (Å²) in [4.78, 5) is 10.1. The van der Waals surface area contributed by atoms with Crippen LogP contribution in [-0.2, 0) is 4.79 Å². The quantitative estimate of drug-likeness (QED) is 0.763. The fraction of sp³-hybridized carbons (Fsp3) is 0.222. The van der Waals surface area contributed by atoms with Crippen LogP contribution in [0.5, 0.6) is 0 Å². The molecule has 0 saturated carbocycles. The minimum atomic E-state index is -1.11. The van der Waals surface area contributed by atoms with Gasteiger partial charge in [0.05, 0.1) is 11.1 Å². The number of aliphatic hydroxyl groups is 1. The van der Waals surface area contributed by atoms with Gasteiger partial charge in [-0.25, -0.2) is 4.39 Å². The van der Waals surface area contributed by atoms with Gasteiger partial charge < -0.3 is 9.90 Å². The Hall–Kier alpha value is -0.930. The molecule has 70 valence electrons. The number of halogens is 2. The first kappa shape index (κ1) is 10.2. The zero-order valence-electron chi connectivity index (χ0n) is 6.71. The molecule has 0 heterocycles. The number of carbonyl (C=O) groups excluding carboxylic acids is 1. The molecule has 1 aromatic rings. The van der Waals surface area contributed by atoms with Gasteiger partial charge in [0.2, 0.25) is 0 Å². The second kappa shape index (κ2) is 4.35. The van der Waals surface area contributed by atoms with Gasteiger partial charge in [0.25, 0.3) is 0 Å². The molecular formula is C9H8ClFO2. The van der Waals surface area contributed by atoms with Crippen molar-refractivity contribution in [2.75, 3.05) is 0 Å². The lowest BCUT2D eigenvalue weighted by molar-refractivity contribution is -0.109. The summed E-state index contributed by atoms with van der Waals surface area (Å²) in [6.07, 6.45) is -0.710. The van der Waals surface area contributed by atoms with Gasteiger partial charge >= 0.3 is 0 Å². The molecule has 1 rings (SSSR count). The SMILES string of the molecule is O=CCC(O)c1cccc(Cl)c1F. The van der Waals surface area contributed by atoms with Gasteiger partial charge in [-0.2, -0.15) is 0 Å². The van der Waals surface area contributed by atoms with Crippen LogP contribution in [-0.4, -0.2) is 11.4 Å². The highest BCUT2D eigenvalue weighted by Gasteiger charge is 2.13. The van der Waals surface area contributed by atoms with Crippen molar-refractivity contribution in [2.24, 2.45) is 0 Å². The molecule has 0 fully saturated rings. The number of aldehydes is 1. The van der Waals surface area contributed by atoms with E-state index in [1.54, 1.807) is 0 Å². The number of rotatable bonds is 3. The summed E-state index contributed by atoms with van der Waals surface area (Å²) < 4.78 is 13.2. The zero-order valence-corrected chi connectivity index (χ0v) is 7.46. The van der Waals surface area contributed by atoms with E-state index in [1.807, 2.05) is 0 Å². The van der Waals surface area contributed by atoms with Crippen molar-refractivity contribution in [1.82, 2.24) is 0 Å². The van der Waals surface area contributed by atoms with E-state index >= 15 is 0 Å². The fourth-order valence-electron chi connectivity index (χ4n) is 0.996. The van der Waals surface area contributed by atoms with Crippen LogP contribution in [0.15, 0.2) is 18.2 Å². The smallest absolute Gasteiger partial charge is 0.147 e. The van der Waals surface area contributed by atoms with Gasteiger partial charge in [0.1, 0.15) is 12.1 Å². The lowest BCUT2D eigenvalue weighted by atomic mass is 10.1. The van der Waals surface area contributed by atoms with Crippen molar-refractivity contribution >= 4 is 17.9 Å². The molecule has 0 amide bonds. The third kappa shape index (κ3) is 2.26. The molecule has 0 radical (unpaired) electrons. The summed E-state index contributed by atoms with van der Waals surface area (Å²) in [6.45, 7) is 0. The van der Waals surface area contributed by atoms with Crippen molar-refractivity contribution in [3.63, 3.8) is 0 Å². The summed E-state index contributed by atoms with van der Waals surface area (Å²) in [5.41, 5.74) is 0.0552. The first-order valence-corrected chi connectivity index (χ1v) is 4.10. The molecule has 0 saturated heterocycles. The minimum absolute atomic E-state index is 0.0533. The Morgan fingerprint density at radius 1 is 1.62 bits per heavy atom. The lowest BCUT2D eigenvalue weighted by Gasteiger charge is -2.08. The van der Waals surface area contributed by atoms with Crippen LogP contribution in [0.3, 0.4) is 0 Å². The van der Waals surface area contributed by atoms with E-state index in [-0.39, 0.29) is 17.0 Å². The summed E-state index contributed by atoms with van der Waals surface area (Å²) in [7, 11) is 0. The second-order valence-corrected chi connectivity index (χ2v) is 2.97. The predicted molar refractivity (Wildman–Crippen MR) is 47.1 cm³/mol. The maximum absolute atomic E-state index is 13.2. The van der Waals surface area contributed by atoms with Gasteiger partial charge in [-0.1, -0.05) is 23.7 Å². The zero-order chi connectivity index (χ0) is 9.84. The van der Waals surface area contributed by atoms with E-state index in [4.69, 9.17) is 11.6 Å². The van der Waals surface area contributed by atoms with Crippen molar-refractivity contribution in [3.8, 4) is 0 Å². The molecule has 1 atom stereocenters. The largest absolute Gasteiger partial charge is 0.388 e. The van der Waals surface area contributed by atoms with E-state index in [0.717, 1.165) is 0 Å². The van der Waals surface area contributed by atoms with Crippen LogP contribution in [0.1, 0.15) is 18.1 Å². The molecule has 1 aromatic carbocycles. The molecule has 0 aliphatic carbocycles. The summed E-state index contributed by atoms with van der Waals surface area (Å²) >= 11 is 5.48. The number of hydrogen-bond donors (Lipinski definition) is 1. The van der Waals surface area contributed by atoms with Gasteiger partial charge in [-0.05, 0) is 6.07 Å². The predicted octanol–water partition coefficient (Wildman–Crippen LogP) is 2.10. The summed E-state index contributed by atoms with van der Waals surface area (Å²) in [5.74, 6) is -0.668. The maximum Gasteiger partial charge on any atom is 0.147 e. The summed E-state index contributed by atoms with van der Waals surface area (Å²) in [6, 6.07) is 4.30. The molecule has 1 N–H and O–H groups in total. The Morgan fingerprint density at radius 2 is 2.31 bits per heavy atom. The fourth-order valence-corrected chi connectivity index (χ4v) is 1.18. The van der Waals surface area contributed by atoms with Crippen molar-refractivity contribution < 1.29 is 14.3 Å². The van der Waals surface area contributed by atoms with Gasteiger partial charge in [-0.3, -0.25) is 0 Å². The highest BCUT2D eigenvalue weighted by atomic mass is 35.5. The molecule has 13 heavy (non-hydrogen) atoms. The van der Waals surface area contributed by atoms with Crippen LogP contribution >= 0.6 is 11.6 Å². The molecule has 2 nitrogen and oxygen atoms in total. The molecule has 0 spiro atoms. The number of aliphatic hydroxyl groups excluding tert-OH is 1. The first-order valence-electron chi connectivity index (χ1n) is 3.72. The van der Waals surface area contributed by atoms with Crippen LogP contribution in [0, 0.1) is 5.82 Å². The van der Waals surface area contributed by atoms with Crippen LogP contribution in [0.2, 0.25) is 5.02 Å². The third-order valence-corrected chi connectivity index (χ3v) is 1.95. The van der Waals surface area contributed by atoms with Crippen LogP contribution < -0.4 is 0 Å². The van der Waals surface area contributed by atoms with Crippen molar-refractivity contribution in [1.29, 1.82) is 0 Å². The van der Waals surface area contributed by atoms with Gasteiger partial charge in [-0.15, -0.1) is 0 Å². The van der Waals surface area contributed by atoms with Gasteiger partial charge in [0.15, 0.2) is 0 Å². The monoisotopic (exact) mass is 202 g/mol. The molecule has 0 aliphatic rings. The average molecular weight is 203 g/mol. The molecule has 0 aromatic heterocycles. The van der Waals surface area contributed by atoms with Crippen molar-refractivity contribution in [3.05, 3.63) is 34.6 Å². The maximum atomic E-state index is 13.2. The Labute approximate surface area is 80.0 Å². The van der Waals surface area contributed by atoms with Crippen LogP contribution in [0.4, 0.5) is 4.39 Å². The normalized spacial score (nSPS) is 12.5. The Morgan fingerprint density at radius 3 is 2.92 bits per heavy atom.